The molecule has 1 N–H and O–H groups in total. The number of H-pyrrole nitrogens is 1. The third-order valence-electron chi connectivity index (χ3n) is 6.44. The van der Waals surface area contributed by atoms with Crippen LogP contribution in [0.2, 0.25) is 0 Å². The first-order chi connectivity index (χ1) is 14.0. The molecule has 0 amide bonds. The van der Waals surface area contributed by atoms with Crippen LogP contribution in [0.4, 0.5) is 8.78 Å². The molecule has 3 rings (SSSR count). The lowest BCUT2D eigenvalue weighted by Gasteiger charge is -2.31. The Hall–Kier alpha value is -2.49. The molecule has 0 saturated carbocycles. The molecule has 3 aromatic rings. The molecule has 1 heterocycles. The van der Waals surface area contributed by atoms with Crippen LogP contribution in [0.1, 0.15) is 87.9 Å². The van der Waals surface area contributed by atoms with Crippen LogP contribution < -0.4 is 0 Å². The van der Waals surface area contributed by atoms with E-state index in [4.69, 9.17) is 0 Å². The first kappa shape index (κ1) is 22.2. The number of halogens is 2. The summed E-state index contributed by atoms with van der Waals surface area (Å²) in [6.45, 7) is 14.4. The first-order valence-corrected chi connectivity index (χ1v) is 10.6. The number of aromatic nitrogens is 2. The van der Waals surface area contributed by atoms with Crippen LogP contribution in [0.15, 0.2) is 42.6 Å². The van der Waals surface area contributed by atoms with Crippen molar-refractivity contribution in [3.8, 4) is 0 Å². The number of rotatable bonds is 6. The summed E-state index contributed by atoms with van der Waals surface area (Å²) in [6.07, 6.45) is 2.05. The highest BCUT2D eigenvalue weighted by Gasteiger charge is 2.31. The van der Waals surface area contributed by atoms with Crippen molar-refractivity contribution in [2.24, 2.45) is 0 Å². The fourth-order valence-corrected chi connectivity index (χ4v) is 4.28. The summed E-state index contributed by atoms with van der Waals surface area (Å²) in [7, 11) is 0. The van der Waals surface area contributed by atoms with Gasteiger partial charge in [0.25, 0.3) is 0 Å². The second-order valence-electron chi connectivity index (χ2n) is 9.46. The molecule has 30 heavy (non-hydrogen) atoms. The van der Waals surface area contributed by atoms with E-state index in [-0.39, 0.29) is 23.0 Å². The SMILES string of the molecule is CCc1cc(C(C)(C)c2[nH]ncc2F)ccc1C(C)(C)c1ccc(C(C)C)c(F)c1. The summed E-state index contributed by atoms with van der Waals surface area (Å²) < 4.78 is 28.9. The Labute approximate surface area is 178 Å². The fraction of sp³-hybridized carbons (Fsp3) is 0.423. The number of hydrogen-bond acceptors (Lipinski definition) is 1. The molecule has 0 aliphatic heterocycles. The normalized spacial score (nSPS) is 12.6. The van der Waals surface area contributed by atoms with Gasteiger partial charge in [-0.05, 0) is 46.2 Å². The average molecular weight is 411 g/mol. The minimum atomic E-state index is -0.543. The van der Waals surface area contributed by atoms with Crippen LogP contribution in [-0.4, -0.2) is 10.2 Å². The lowest BCUT2D eigenvalue weighted by Crippen LogP contribution is -2.24. The Morgan fingerprint density at radius 2 is 1.53 bits per heavy atom. The standard InChI is InChI=1S/C26H32F2N2/c1-8-17-13-18(26(6,7)24-23(28)15-29-30-24)10-12-21(17)25(4,5)19-9-11-20(16(2)3)22(27)14-19/h9-16H,8H2,1-7H3,(H,29,30). The molecular weight excluding hydrogens is 378 g/mol. The van der Waals surface area contributed by atoms with E-state index < -0.39 is 5.41 Å². The summed E-state index contributed by atoms with van der Waals surface area (Å²) in [5.41, 5.74) is 4.62. The highest BCUT2D eigenvalue weighted by molar-refractivity contribution is 5.47. The van der Waals surface area contributed by atoms with Gasteiger partial charge in [-0.2, -0.15) is 5.10 Å². The summed E-state index contributed by atoms with van der Waals surface area (Å²) in [4.78, 5) is 0. The van der Waals surface area contributed by atoms with Gasteiger partial charge in [0, 0.05) is 10.8 Å². The van der Waals surface area contributed by atoms with Crippen LogP contribution in [0.5, 0.6) is 0 Å². The van der Waals surface area contributed by atoms with E-state index in [0.29, 0.717) is 5.69 Å². The maximum Gasteiger partial charge on any atom is 0.164 e. The van der Waals surface area contributed by atoms with Gasteiger partial charge in [0.15, 0.2) is 5.82 Å². The lowest BCUT2D eigenvalue weighted by atomic mass is 9.73. The minimum Gasteiger partial charge on any atom is -0.279 e. The van der Waals surface area contributed by atoms with Gasteiger partial charge in [0.1, 0.15) is 5.82 Å². The Morgan fingerprint density at radius 1 is 0.900 bits per heavy atom. The Bertz CT molecular complexity index is 1040. The third kappa shape index (κ3) is 3.80. The van der Waals surface area contributed by atoms with Crippen molar-refractivity contribution in [3.63, 3.8) is 0 Å². The van der Waals surface area contributed by atoms with E-state index >= 15 is 0 Å². The third-order valence-corrected chi connectivity index (χ3v) is 6.44. The van der Waals surface area contributed by atoms with E-state index in [1.165, 1.54) is 11.8 Å². The molecule has 0 fully saturated rings. The van der Waals surface area contributed by atoms with Gasteiger partial charge >= 0.3 is 0 Å². The number of aryl methyl sites for hydroxylation is 1. The maximum absolute atomic E-state index is 14.7. The zero-order valence-electron chi connectivity index (χ0n) is 19.0. The van der Waals surface area contributed by atoms with Crippen molar-refractivity contribution in [1.29, 1.82) is 0 Å². The number of nitrogens with one attached hydrogen (secondary N) is 1. The van der Waals surface area contributed by atoms with Gasteiger partial charge < -0.3 is 0 Å². The van der Waals surface area contributed by atoms with Gasteiger partial charge in [-0.15, -0.1) is 0 Å². The van der Waals surface area contributed by atoms with E-state index in [0.717, 1.165) is 28.7 Å². The monoisotopic (exact) mass is 410 g/mol. The second-order valence-corrected chi connectivity index (χ2v) is 9.46. The molecule has 0 bridgehead atoms. The number of aromatic amines is 1. The van der Waals surface area contributed by atoms with Gasteiger partial charge in [0.2, 0.25) is 0 Å². The molecule has 0 spiro atoms. The van der Waals surface area contributed by atoms with Crippen LogP contribution in [0.3, 0.4) is 0 Å². The van der Waals surface area contributed by atoms with Crippen molar-refractivity contribution in [2.75, 3.05) is 0 Å². The molecular formula is C26H32F2N2. The van der Waals surface area contributed by atoms with Gasteiger partial charge in [-0.25, -0.2) is 8.78 Å². The van der Waals surface area contributed by atoms with Crippen molar-refractivity contribution in [1.82, 2.24) is 10.2 Å². The van der Waals surface area contributed by atoms with Gasteiger partial charge in [0.05, 0.1) is 11.9 Å². The van der Waals surface area contributed by atoms with Crippen LogP contribution >= 0.6 is 0 Å². The highest BCUT2D eigenvalue weighted by Crippen LogP contribution is 2.39. The topological polar surface area (TPSA) is 28.7 Å². The molecule has 160 valence electrons. The van der Waals surface area contributed by atoms with E-state index in [9.17, 15) is 8.78 Å². The second kappa shape index (κ2) is 7.98. The lowest BCUT2D eigenvalue weighted by molar-refractivity contribution is 0.537. The molecule has 0 radical (unpaired) electrons. The van der Waals surface area contributed by atoms with Crippen molar-refractivity contribution >= 4 is 0 Å². The largest absolute Gasteiger partial charge is 0.279 e. The van der Waals surface area contributed by atoms with E-state index in [2.05, 4.69) is 49.2 Å². The number of nitrogens with zero attached hydrogens (tertiary/aromatic N) is 1. The summed E-state index contributed by atoms with van der Waals surface area (Å²) in [5, 5.41) is 6.65. The fourth-order valence-electron chi connectivity index (χ4n) is 4.28. The van der Waals surface area contributed by atoms with E-state index in [1.807, 2.05) is 39.8 Å². The van der Waals surface area contributed by atoms with Crippen LogP contribution in [0.25, 0.3) is 0 Å². The number of benzene rings is 2. The quantitative estimate of drug-likeness (QED) is 0.464. The van der Waals surface area contributed by atoms with Crippen LogP contribution in [0, 0.1) is 11.6 Å². The first-order valence-electron chi connectivity index (χ1n) is 10.6. The van der Waals surface area contributed by atoms with Crippen molar-refractivity contribution in [3.05, 3.63) is 87.7 Å². The Balaban J connectivity index is 2.06. The zero-order chi connectivity index (χ0) is 22.3. The summed E-state index contributed by atoms with van der Waals surface area (Å²) >= 11 is 0. The van der Waals surface area contributed by atoms with Crippen molar-refractivity contribution in [2.45, 2.75) is 71.6 Å². The molecule has 0 atom stereocenters. The summed E-state index contributed by atoms with van der Waals surface area (Å²) in [5.74, 6) is -0.331. The van der Waals surface area contributed by atoms with Gasteiger partial charge in [-0.1, -0.05) is 78.8 Å². The number of hydrogen-bond donors (Lipinski definition) is 1. The Kier molecular flexibility index (Phi) is 5.90. The summed E-state index contributed by atoms with van der Waals surface area (Å²) in [6, 6.07) is 11.9. The molecule has 0 saturated heterocycles. The average Bonchev–Trinajstić information content (AvgIpc) is 3.13. The maximum atomic E-state index is 14.7. The highest BCUT2D eigenvalue weighted by atomic mass is 19.1. The molecule has 1 aromatic heterocycles. The smallest absolute Gasteiger partial charge is 0.164 e. The van der Waals surface area contributed by atoms with E-state index in [1.54, 1.807) is 6.07 Å². The molecule has 2 nitrogen and oxygen atoms in total. The van der Waals surface area contributed by atoms with Gasteiger partial charge in [-0.3, -0.25) is 5.10 Å². The molecule has 0 aliphatic rings. The minimum absolute atomic E-state index is 0.151. The van der Waals surface area contributed by atoms with Crippen molar-refractivity contribution < 1.29 is 8.78 Å². The zero-order valence-corrected chi connectivity index (χ0v) is 19.0. The molecule has 4 heteroatoms. The molecule has 2 aromatic carbocycles. The predicted octanol–water partition coefficient (Wildman–Crippen LogP) is 7.03. The van der Waals surface area contributed by atoms with Crippen LogP contribution in [-0.2, 0) is 17.3 Å². The predicted molar refractivity (Wildman–Crippen MR) is 119 cm³/mol. The molecule has 0 aliphatic carbocycles. The Morgan fingerprint density at radius 3 is 2.07 bits per heavy atom. The molecule has 0 unspecified atom stereocenters.